The lowest BCUT2D eigenvalue weighted by atomic mass is 9.92. The Bertz CT molecular complexity index is 5710. The third-order valence-corrected chi connectivity index (χ3v) is 26.2. The second kappa shape index (κ2) is 46.9. The number of carbonyl (C=O) groups is 8. The molecule has 16 rings (SSSR count). The Morgan fingerprint density at radius 1 is 0.317 bits per heavy atom. The molecule has 0 spiro atoms. The summed E-state index contributed by atoms with van der Waals surface area (Å²) in [7, 11) is 6.63. The summed E-state index contributed by atoms with van der Waals surface area (Å²) in [6, 6.07) is 58.6. The van der Waals surface area contributed by atoms with E-state index in [9.17, 15) is 91.0 Å². The summed E-state index contributed by atoms with van der Waals surface area (Å²) in [5, 5.41) is 17.1. The Labute approximate surface area is 800 Å². The average molecular weight is 1940 g/mol. The molecule has 7 heterocycles. The van der Waals surface area contributed by atoms with E-state index < -0.39 is 71.2 Å². The molecule has 0 fully saturated rings. The molecule has 0 saturated heterocycles. The number of pyridine rings is 2. The van der Waals surface area contributed by atoms with Crippen molar-refractivity contribution >= 4 is 80.8 Å². The lowest BCUT2D eigenvalue weighted by Crippen LogP contribution is -2.36. The molecule has 4 amide bonds. The van der Waals surface area contributed by atoms with Gasteiger partial charge < -0.3 is 19.6 Å². The van der Waals surface area contributed by atoms with Crippen molar-refractivity contribution in [3.8, 4) is 0 Å². The first-order valence-electron chi connectivity index (χ1n) is 46.3. The van der Waals surface area contributed by atoms with E-state index in [0.717, 1.165) is 41.7 Å². The fourth-order valence-corrected chi connectivity index (χ4v) is 19.3. The summed E-state index contributed by atoms with van der Waals surface area (Å²) < 4.78 is 167. The van der Waals surface area contributed by atoms with Crippen LogP contribution in [0.3, 0.4) is 0 Å². The van der Waals surface area contributed by atoms with Crippen LogP contribution in [0.4, 0.5) is 75.4 Å². The minimum absolute atomic E-state index is 0.0656. The Balaban J connectivity index is 0.000000156. The standard InChI is InChI=1S/C27H28F3N3O2.2C26H27F3N4O2.C25H26F3N3O2S/c1-32(21-12-6-3-7-13-21)26(35)20(16-19-10-4-2-5-11-19)17-22(34)18-33-24-15-9-8-14-23(24)25(31-33)27(28,29)30;1-32(20-10-3-2-4-11-20)25(35)18(15-19-9-7-8-14-30-19)16-21(34)17-33-23-13-6-5-12-22(23)24(31-33)26(27,28)29;1-32(20-9-3-2-4-10-20)25(35)19(14-18-8-7-13-30-16-18)15-21(34)17-33-23-12-6-5-11-22(23)24(31-33)26(27,28)29;1-30(18-8-3-2-4-9-18)24(33)17(15-20-10-7-13-34-20)14-19(32)16-31-22-12-6-5-11-21(22)23(29-31)25(26,27)28/h2-7,10-13,20H,8-9,14-18H2,1H3;2-4,7-11,14,18H,5-6,12-13,15-17H2,1H3;2-4,7-10,13,16,19H,5-6,11-12,14-15,17H2,1H3;2-4,7-10,13,17H,5-6,11-12,14-16H2,1H3/t20-;18-;19-;17-/m1110/s1. The number of para-hydroxylation sites is 4. The Kier molecular flexibility index (Phi) is 34.8. The molecule has 732 valence electrons. The summed E-state index contributed by atoms with van der Waals surface area (Å²) in [6.07, 6.45) is -3.59. The topological polar surface area (TPSA) is 247 Å². The molecule has 0 N–H and O–H groups in total. The van der Waals surface area contributed by atoms with Gasteiger partial charge in [0, 0.05) is 169 Å². The van der Waals surface area contributed by atoms with Gasteiger partial charge in [-0.2, -0.15) is 73.1 Å². The SMILES string of the molecule is CN(C(=O)[C@@H](CC(=O)Cn1nc(C(F)(F)F)c2c1CCCC2)Cc1ccccc1)c1ccccc1.CN(C(=O)[C@@H](CC(=O)Cn1nc(C(F)(F)F)c2c1CCCC2)Cc1ccccn1)c1ccccc1.CN(C(=O)[C@@H](CC(=O)Cn1nc(C(F)(F)F)c2c1CCCC2)Cc1cccnc1)c1ccccc1.CN(C(=O)[C@@H](CC(=O)Cn1nc(C(F)(F)F)c2c1CCCC2)Cc1cccs1)c1ccccc1. The number of benzene rings is 5. The largest absolute Gasteiger partial charge is 0.435 e. The number of Topliss-reactive ketones (excluding diaryl/α,β-unsaturated/α-hetero) is 4. The van der Waals surface area contributed by atoms with Crippen LogP contribution in [-0.2, 0) is 166 Å². The van der Waals surface area contributed by atoms with Crippen LogP contribution < -0.4 is 19.6 Å². The van der Waals surface area contributed by atoms with Crippen molar-refractivity contribution in [3.63, 3.8) is 0 Å². The van der Waals surface area contributed by atoms with Crippen LogP contribution in [0.15, 0.2) is 218 Å². The van der Waals surface area contributed by atoms with E-state index >= 15 is 0 Å². The van der Waals surface area contributed by atoms with Crippen LogP contribution in [0.5, 0.6) is 0 Å². The lowest BCUT2D eigenvalue weighted by molar-refractivity contribution is -0.143. The predicted octanol–water partition coefficient (Wildman–Crippen LogP) is 19.9. The molecule has 0 unspecified atom stereocenters. The number of hydrogen-bond acceptors (Lipinski definition) is 15. The Morgan fingerprint density at radius 3 is 0.878 bits per heavy atom. The fraction of sp³-hybridized carbons (Fsp3) is 0.385. The number of aromatic nitrogens is 10. The number of ketones is 4. The van der Waals surface area contributed by atoms with E-state index in [1.54, 1.807) is 95.3 Å². The van der Waals surface area contributed by atoms with Gasteiger partial charge in [0.05, 0.1) is 38.0 Å². The van der Waals surface area contributed by atoms with Gasteiger partial charge in [-0.25, -0.2) is 0 Å². The maximum absolute atomic E-state index is 13.5. The molecule has 4 aliphatic carbocycles. The van der Waals surface area contributed by atoms with Gasteiger partial charge in [0.1, 0.15) is 0 Å². The second-order valence-electron chi connectivity index (χ2n) is 35.3. The molecule has 5 aromatic carbocycles. The summed E-state index contributed by atoms with van der Waals surface area (Å²) in [5.74, 6) is -4.89. The predicted molar refractivity (Wildman–Crippen MR) is 501 cm³/mol. The van der Waals surface area contributed by atoms with Crippen molar-refractivity contribution in [2.24, 2.45) is 23.7 Å². The van der Waals surface area contributed by atoms with Gasteiger partial charge in [0.2, 0.25) is 23.6 Å². The summed E-state index contributed by atoms with van der Waals surface area (Å²) in [5.41, 5.74) is 4.36. The zero-order chi connectivity index (χ0) is 99.3. The van der Waals surface area contributed by atoms with Crippen LogP contribution in [0.1, 0.15) is 167 Å². The molecular weight excluding hydrogens is 1830 g/mol. The number of anilines is 4. The van der Waals surface area contributed by atoms with E-state index in [1.807, 2.05) is 151 Å². The lowest BCUT2D eigenvalue weighted by Gasteiger charge is -2.24. The van der Waals surface area contributed by atoms with E-state index in [2.05, 4.69) is 30.4 Å². The highest BCUT2D eigenvalue weighted by Crippen LogP contribution is 2.42. The molecule has 0 saturated carbocycles. The highest BCUT2D eigenvalue weighted by atomic mass is 32.1. The molecule has 35 heteroatoms. The molecule has 0 radical (unpaired) electrons. The van der Waals surface area contributed by atoms with Gasteiger partial charge in [-0.15, -0.1) is 11.3 Å². The number of nitrogens with zero attached hydrogens (tertiary/aromatic N) is 14. The van der Waals surface area contributed by atoms with Crippen molar-refractivity contribution in [2.45, 2.75) is 205 Å². The summed E-state index contributed by atoms with van der Waals surface area (Å²) in [6.45, 7) is -1.11. The number of thiophene rings is 1. The van der Waals surface area contributed by atoms with Crippen LogP contribution in [0.25, 0.3) is 0 Å². The minimum atomic E-state index is -4.56. The number of alkyl halides is 12. The van der Waals surface area contributed by atoms with E-state index in [1.165, 1.54) is 49.7 Å². The molecule has 139 heavy (non-hydrogen) atoms. The normalized spacial score (nSPS) is 14.3. The first-order chi connectivity index (χ1) is 66.4. The average Bonchev–Trinajstić information content (AvgIpc) is 1.64. The first kappa shape index (κ1) is 103. The highest BCUT2D eigenvalue weighted by Gasteiger charge is 2.45. The van der Waals surface area contributed by atoms with E-state index in [0.29, 0.717) is 148 Å². The molecular formula is C104H108F12N14O8S. The molecule has 4 atom stereocenters. The molecule has 7 aromatic heterocycles. The highest BCUT2D eigenvalue weighted by molar-refractivity contribution is 7.09. The van der Waals surface area contributed by atoms with Crippen LogP contribution in [0, 0.1) is 23.7 Å². The van der Waals surface area contributed by atoms with Crippen molar-refractivity contribution < 1.29 is 91.0 Å². The van der Waals surface area contributed by atoms with Crippen LogP contribution in [0.2, 0.25) is 0 Å². The Hall–Kier alpha value is -13.3. The third kappa shape index (κ3) is 27.4. The molecule has 0 bridgehead atoms. The zero-order valence-electron chi connectivity index (χ0n) is 77.4. The van der Waals surface area contributed by atoms with Gasteiger partial charge in [-0.3, -0.25) is 67.1 Å². The van der Waals surface area contributed by atoms with Crippen molar-refractivity contribution in [2.75, 3.05) is 47.8 Å². The molecule has 22 nitrogen and oxygen atoms in total. The number of amides is 4. The van der Waals surface area contributed by atoms with Gasteiger partial charge in [-0.1, -0.05) is 121 Å². The minimum Gasteiger partial charge on any atom is -0.315 e. The molecule has 0 aliphatic heterocycles. The van der Waals surface area contributed by atoms with Gasteiger partial charge in [-0.05, 0) is 211 Å². The van der Waals surface area contributed by atoms with Gasteiger partial charge in [0.15, 0.2) is 45.9 Å². The number of fused-ring (bicyclic) bond motifs is 4. The summed E-state index contributed by atoms with van der Waals surface area (Å²) >= 11 is 1.51. The van der Waals surface area contributed by atoms with Crippen LogP contribution >= 0.6 is 11.3 Å². The van der Waals surface area contributed by atoms with E-state index in [-0.39, 0.29) is 127 Å². The fourth-order valence-electron chi connectivity index (χ4n) is 18.5. The second-order valence-corrected chi connectivity index (χ2v) is 36.3. The van der Waals surface area contributed by atoms with E-state index in [4.69, 9.17) is 0 Å². The van der Waals surface area contributed by atoms with Crippen molar-refractivity contribution in [3.05, 3.63) is 308 Å². The maximum Gasteiger partial charge on any atom is 0.435 e. The van der Waals surface area contributed by atoms with Crippen molar-refractivity contribution in [1.29, 1.82) is 0 Å². The third-order valence-electron chi connectivity index (χ3n) is 25.3. The number of rotatable bonds is 32. The van der Waals surface area contributed by atoms with Crippen molar-refractivity contribution in [1.82, 2.24) is 49.1 Å². The summed E-state index contributed by atoms with van der Waals surface area (Å²) in [4.78, 5) is 121. The number of carbonyl (C=O) groups excluding carboxylic acids is 8. The quantitative estimate of drug-likeness (QED) is 0.0356. The van der Waals surface area contributed by atoms with Gasteiger partial charge in [0.25, 0.3) is 0 Å². The number of halogens is 12. The first-order valence-corrected chi connectivity index (χ1v) is 47.2. The monoisotopic (exact) mass is 1940 g/mol. The number of hydrogen-bond donors (Lipinski definition) is 0. The van der Waals surface area contributed by atoms with Gasteiger partial charge >= 0.3 is 24.7 Å². The zero-order valence-corrected chi connectivity index (χ0v) is 78.2. The Morgan fingerprint density at radius 2 is 0.597 bits per heavy atom. The molecule has 4 aliphatic rings. The molecule has 12 aromatic rings. The smallest absolute Gasteiger partial charge is 0.315 e. The van der Waals surface area contributed by atoms with Crippen LogP contribution in [-0.4, -0.2) is 124 Å². The maximum atomic E-state index is 13.5.